The zero-order chi connectivity index (χ0) is 8.39. The van der Waals surface area contributed by atoms with Crippen LogP contribution in [0.1, 0.15) is 0 Å². The first-order chi connectivity index (χ1) is 5.86. The number of hydrogen-bond donors (Lipinski definition) is 1. The number of thiophene rings is 1. The molecule has 0 fully saturated rings. The standard InChI is InChI=1S/C7H6N4S/c8-6-4-9-7(11-10-6)5-2-1-3-12-5/h1-4H,(H2,8,10). The average molecular weight is 178 g/mol. The van der Waals surface area contributed by atoms with E-state index in [4.69, 9.17) is 5.73 Å². The second-order valence-corrected chi connectivity index (χ2v) is 3.13. The minimum atomic E-state index is 0.343. The second kappa shape index (κ2) is 2.86. The summed E-state index contributed by atoms with van der Waals surface area (Å²) in [5, 5.41) is 9.52. The van der Waals surface area contributed by atoms with Gasteiger partial charge in [0, 0.05) is 0 Å². The smallest absolute Gasteiger partial charge is 0.191 e. The van der Waals surface area contributed by atoms with Crippen LogP contribution in [0.2, 0.25) is 0 Å². The monoisotopic (exact) mass is 178 g/mol. The normalized spacial score (nSPS) is 10.0. The third kappa shape index (κ3) is 1.26. The maximum atomic E-state index is 5.35. The van der Waals surface area contributed by atoms with E-state index in [1.807, 2.05) is 17.5 Å². The highest BCUT2D eigenvalue weighted by Gasteiger charge is 2.00. The van der Waals surface area contributed by atoms with Crippen molar-refractivity contribution in [1.29, 1.82) is 0 Å². The number of anilines is 1. The Kier molecular flexibility index (Phi) is 1.71. The number of nitrogen functional groups attached to an aromatic ring is 1. The van der Waals surface area contributed by atoms with Gasteiger partial charge in [0.2, 0.25) is 0 Å². The molecule has 2 rings (SSSR count). The molecular formula is C7H6N4S. The molecule has 60 valence electrons. The highest BCUT2D eigenvalue weighted by Crippen LogP contribution is 2.19. The largest absolute Gasteiger partial charge is 0.381 e. The average Bonchev–Trinajstić information content (AvgIpc) is 2.58. The maximum absolute atomic E-state index is 5.35. The molecule has 2 heterocycles. The van der Waals surface area contributed by atoms with Crippen LogP contribution in [-0.4, -0.2) is 15.2 Å². The fourth-order valence-electron chi connectivity index (χ4n) is 0.803. The topological polar surface area (TPSA) is 64.7 Å². The molecule has 0 saturated carbocycles. The first-order valence-corrected chi connectivity index (χ1v) is 4.23. The Morgan fingerprint density at radius 2 is 2.25 bits per heavy atom. The van der Waals surface area contributed by atoms with Crippen LogP contribution in [0, 0.1) is 0 Å². The molecule has 0 bridgehead atoms. The molecule has 0 aromatic carbocycles. The molecule has 4 nitrogen and oxygen atoms in total. The predicted octanol–water partition coefficient (Wildman–Crippen LogP) is 1.18. The first-order valence-electron chi connectivity index (χ1n) is 3.35. The Bertz CT molecular complexity index is 353. The van der Waals surface area contributed by atoms with Crippen molar-refractivity contribution in [2.75, 3.05) is 5.73 Å². The van der Waals surface area contributed by atoms with Crippen molar-refractivity contribution >= 4 is 17.2 Å². The van der Waals surface area contributed by atoms with E-state index in [9.17, 15) is 0 Å². The summed E-state index contributed by atoms with van der Waals surface area (Å²) < 4.78 is 0. The molecule has 2 aromatic heterocycles. The van der Waals surface area contributed by atoms with Gasteiger partial charge in [-0.05, 0) is 11.4 Å². The molecule has 0 saturated heterocycles. The lowest BCUT2D eigenvalue weighted by Gasteiger charge is -1.93. The van der Waals surface area contributed by atoms with E-state index in [0.29, 0.717) is 11.6 Å². The summed E-state index contributed by atoms with van der Waals surface area (Å²) in [4.78, 5) is 5.03. The molecule has 0 unspecified atom stereocenters. The minimum absolute atomic E-state index is 0.343. The van der Waals surface area contributed by atoms with Crippen LogP contribution in [0.25, 0.3) is 10.7 Å². The fourth-order valence-corrected chi connectivity index (χ4v) is 1.46. The van der Waals surface area contributed by atoms with Gasteiger partial charge in [0.25, 0.3) is 0 Å². The van der Waals surface area contributed by atoms with E-state index >= 15 is 0 Å². The fraction of sp³-hybridized carbons (Fsp3) is 0. The molecule has 0 spiro atoms. The van der Waals surface area contributed by atoms with Crippen LogP contribution < -0.4 is 5.73 Å². The van der Waals surface area contributed by atoms with Crippen LogP contribution in [0.3, 0.4) is 0 Å². The van der Waals surface area contributed by atoms with Crippen LogP contribution >= 0.6 is 11.3 Å². The predicted molar refractivity (Wildman–Crippen MR) is 47.6 cm³/mol. The van der Waals surface area contributed by atoms with Gasteiger partial charge in [-0.15, -0.1) is 21.5 Å². The number of nitrogens with two attached hydrogens (primary N) is 1. The zero-order valence-electron chi connectivity index (χ0n) is 6.14. The lowest BCUT2D eigenvalue weighted by molar-refractivity contribution is 0.995. The molecule has 2 N–H and O–H groups in total. The van der Waals surface area contributed by atoms with Crippen molar-refractivity contribution in [1.82, 2.24) is 15.2 Å². The van der Waals surface area contributed by atoms with E-state index < -0.39 is 0 Å². The Morgan fingerprint density at radius 1 is 1.33 bits per heavy atom. The number of hydrogen-bond acceptors (Lipinski definition) is 5. The van der Waals surface area contributed by atoms with Crippen molar-refractivity contribution in [2.24, 2.45) is 0 Å². The molecule has 0 aliphatic rings. The summed E-state index contributed by atoms with van der Waals surface area (Å²) in [7, 11) is 0. The van der Waals surface area contributed by atoms with Gasteiger partial charge in [0.15, 0.2) is 11.6 Å². The van der Waals surface area contributed by atoms with E-state index in [0.717, 1.165) is 4.88 Å². The minimum Gasteiger partial charge on any atom is -0.381 e. The number of rotatable bonds is 1. The summed E-state index contributed by atoms with van der Waals surface area (Å²) in [5.74, 6) is 0.967. The van der Waals surface area contributed by atoms with E-state index in [2.05, 4.69) is 15.2 Å². The summed E-state index contributed by atoms with van der Waals surface area (Å²) in [6.45, 7) is 0. The summed E-state index contributed by atoms with van der Waals surface area (Å²) >= 11 is 1.58. The summed E-state index contributed by atoms with van der Waals surface area (Å²) in [6.07, 6.45) is 1.50. The third-order valence-corrected chi connectivity index (χ3v) is 2.19. The van der Waals surface area contributed by atoms with Crippen LogP contribution in [-0.2, 0) is 0 Å². The number of nitrogens with zero attached hydrogens (tertiary/aromatic N) is 3. The third-order valence-electron chi connectivity index (χ3n) is 1.32. The number of aromatic nitrogens is 3. The Hall–Kier alpha value is -1.49. The lowest BCUT2D eigenvalue weighted by atomic mass is 10.4. The van der Waals surface area contributed by atoms with E-state index in [-0.39, 0.29) is 0 Å². The van der Waals surface area contributed by atoms with Gasteiger partial charge in [0.1, 0.15) is 0 Å². The Balaban J connectivity index is 2.43. The van der Waals surface area contributed by atoms with Gasteiger partial charge >= 0.3 is 0 Å². The van der Waals surface area contributed by atoms with Crippen molar-refractivity contribution < 1.29 is 0 Å². The van der Waals surface area contributed by atoms with Gasteiger partial charge in [-0.3, -0.25) is 0 Å². The first kappa shape index (κ1) is 7.17. The highest BCUT2D eigenvalue weighted by atomic mass is 32.1. The van der Waals surface area contributed by atoms with Crippen molar-refractivity contribution in [3.05, 3.63) is 23.7 Å². The Morgan fingerprint density at radius 3 is 2.83 bits per heavy atom. The highest BCUT2D eigenvalue weighted by molar-refractivity contribution is 7.13. The second-order valence-electron chi connectivity index (χ2n) is 2.18. The molecule has 0 atom stereocenters. The molecule has 0 aliphatic carbocycles. The molecule has 0 radical (unpaired) electrons. The molecule has 0 aliphatic heterocycles. The summed E-state index contributed by atoms with van der Waals surface area (Å²) in [6, 6.07) is 3.89. The van der Waals surface area contributed by atoms with Crippen molar-refractivity contribution in [3.63, 3.8) is 0 Å². The van der Waals surface area contributed by atoms with Gasteiger partial charge in [0.05, 0.1) is 11.1 Å². The van der Waals surface area contributed by atoms with Crippen LogP contribution in [0.15, 0.2) is 23.7 Å². The Labute approximate surface area is 73.1 Å². The van der Waals surface area contributed by atoms with E-state index in [1.165, 1.54) is 6.20 Å². The van der Waals surface area contributed by atoms with Gasteiger partial charge < -0.3 is 5.73 Å². The van der Waals surface area contributed by atoms with E-state index in [1.54, 1.807) is 11.3 Å². The SMILES string of the molecule is Nc1cnc(-c2cccs2)nn1. The molecular weight excluding hydrogens is 172 g/mol. The summed E-state index contributed by atoms with van der Waals surface area (Å²) in [5.41, 5.74) is 5.35. The molecule has 2 aromatic rings. The molecule has 12 heavy (non-hydrogen) atoms. The van der Waals surface area contributed by atoms with Gasteiger partial charge in [-0.1, -0.05) is 6.07 Å². The van der Waals surface area contributed by atoms with Crippen molar-refractivity contribution in [2.45, 2.75) is 0 Å². The quantitative estimate of drug-likeness (QED) is 0.712. The lowest BCUT2D eigenvalue weighted by Crippen LogP contribution is -1.95. The van der Waals surface area contributed by atoms with Crippen molar-refractivity contribution in [3.8, 4) is 10.7 Å². The molecule has 0 amide bonds. The van der Waals surface area contributed by atoms with Crippen LogP contribution in [0.4, 0.5) is 5.82 Å². The maximum Gasteiger partial charge on any atom is 0.191 e. The van der Waals surface area contributed by atoms with Crippen LogP contribution in [0.5, 0.6) is 0 Å². The van der Waals surface area contributed by atoms with Gasteiger partial charge in [-0.2, -0.15) is 0 Å². The van der Waals surface area contributed by atoms with Gasteiger partial charge in [-0.25, -0.2) is 4.98 Å². The zero-order valence-corrected chi connectivity index (χ0v) is 6.95. The molecule has 5 heteroatoms.